The van der Waals surface area contributed by atoms with Gasteiger partial charge in [-0.05, 0) is 19.4 Å². The second-order valence-electron chi connectivity index (χ2n) is 3.54. The molecule has 0 atom stereocenters. The summed E-state index contributed by atoms with van der Waals surface area (Å²) >= 11 is 3.14. The molecule has 0 aliphatic carbocycles. The molecule has 0 N–H and O–H groups in total. The molecule has 0 aliphatic rings. The number of nitro groups is 1. The van der Waals surface area contributed by atoms with Gasteiger partial charge in [0, 0.05) is 10.5 Å². The lowest BCUT2D eigenvalue weighted by molar-refractivity contribution is -0.386. The molecule has 0 saturated carbocycles. The molecule has 6 heteroatoms. The third kappa shape index (κ3) is 3.40. The number of carbonyl (C=O) groups excluding carboxylic acids is 1. The molecular weight excluding hydrogens is 302 g/mol. The van der Waals surface area contributed by atoms with Crippen LogP contribution in [0.5, 0.6) is 5.75 Å². The van der Waals surface area contributed by atoms with Gasteiger partial charge in [0.15, 0.2) is 5.78 Å². The summed E-state index contributed by atoms with van der Waals surface area (Å²) in [6, 6.07) is 2.83. The van der Waals surface area contributed by atoms with E-state index in [-0.39, 0.29) is 29.4 Å². The van der Waals surface area contributed by atoms with E-state index in [1.807, 2.05) is 0 Å². The van der Waals surface area contributed by atoms with Crippen LogP contribution in [-0.2, 0) is 0 Å². The summed E-state index contributed by atoms with van der Waals surface area (Å²) in [6.07, 6.45) is 2.18. The molecule has 1 aromatic carbocycles. The van der Waals surface area contributed by atoms with Gasteiger partial charge in [0.25, 0.3) is 0 Å². The third-order valence-corrected chi connectivity index (χ3v) is 2.64. The molecule has 0 unspecified atom stereocenters. The number of ether oxygens (including phenoxy) is 1. The number of nitrogens with zero attached hydrogens (tertiary/aromatic N) is 1. The second-order valence-corrected chi connectivity index (χ2v) is 4.46. The molecule has 0 saturated heterocycles. The van der Waals surface area contributed by atoms with Gasteiger partial charge in [-0.3, -0.25) is 14.9 Å². The molecule has 1 rings (SSSR count). The van der Waals surface area contributed by atoms with E-state index >= 15 is 0 Å². The zero-order valence-corrected chi connectivity index (χ0v) is 11.4. The van der Waals surface area contributed by atoms with Gasteiger partial charge in [0.05, 0.1) is 17.1 Å². The first-order valence-corrected chi connectivity index (χ1v) is 5.99. The standard InChI is InChI=1S/C12H12BrNO4/c1-3-4-5-18-12-10(8(2)15)6-9(13)7-11(12)14(16)17/h3,6-7H,1,4-5H2,2H3. The van der Waals surface area contributed by atoms with Crippen molar-refractivity contribution in [3.8, 4) is 5.75 Å². The number of halogens is 1. The molecule has 5 nitrogen and oxygen atoms in total. The van der Waals surface area contributed by atoms with E-state index in [9.17, 15) is 14.9 Å². The lowest BCUT2D eigenvalue weighted by atomic mass is 10.1. The summed E-state index contributed by atoms with van der Waals surface area (Å²) in [7, 11) is 0. The molecule has 96 valence electrons. The zero-order valence-electron chi connectivity index (χ0n) is 9.81. The number of carbonyl (C=O) groups is 1. The first kappa shape index (κ1) is 14.4. The van der Waals surface area contributed by atoms with Crippen molar-refractivity contribution in [2.75, 3.05) is 6.61 Å². The van der Waals surface area contributed by atoms with Crippen LogP contribution in [0, 0.1) is 10.1 Å². The van der Waals surface area contributed by atoms with Gasteiger partial charge in [-0.2, -0.15) is 0 Å². The highest BCUT2D eigenvalue weighted by Crippen LogP contribution is 2.35. The maximum absolute atomic E-state index is 11.5. The molecule has 0 spiro atoms. The number of hydrogen-bond donors (Lipinski definition) is 0. The van der Waals surface area contributed by atoms with Crippen molar-refractivity contribution in [2.24, 2.45) is 0 Å². The number of hydrogen-bond acceptors (Lipinski definition) is 4. The van der Waals surface area contributed by atoms with E-state index in [1.54, 1.807) is 6.08 Å². The highest BCUT2D eigenvalue weighted by molar-refractivity contribution is 9.10. The van der Waals surface area contributed by atoms with Crippen LogP contribution in [0.4, 0.5) is 5.69 Å². The van der Waals surface area contributed by atoms with Gasteiger partial charge in [-0.15, -0.1) is 6.58 Å². The smallest absolute Gasteiger partial charge is 0.312 e. The van der Waals surface area contributed by atoms with Gasteiger partial charge in [0.2, 0.25) is 5.75 Å². The van der Waals surface area contributed by atoms with Crippen molar-refractivity contribution in [2.45, 2.75) is 13.3 Å². The molecule has 0 amide bonds. The lowest BCUT2D eigenvalue weighted by Gasteiger charge is -2.10. The number of ketones is 1. The molecular formula is C12H12BrNO4. The quantitative estimate of drug-likeness (QED) is 0.265. The highest BCUT2D eigenvalue weighted by Gasteiger charge is 2.22. The van der Waals surface area contributed by atoms with Gasteiger partial charge in [-0.25, -0.2) is 0 Å². The summed E-state index contributed by atoms with van der Waals surface area (Å²) < 4.78 is 5.80. The van der Waals surface area contributed by atoms with Crippen molar-refractivity contribution >= 4 is 27.4 Å². The van der Waals surface area contributed by atoms with Crippen LogP contribution in [0.25, 0.3) is 0 Å². The molecule has 0 bridgehead atoms. The van der Waals surface area contributed by atoms with Crippen LogP contribution in [-0.4, -0.2) is 17.3 Å². The Labute approximate surface area is 113 Å². The molecule has 0 aliphatic heterocycles. The fourth-order valence-electron chi connectivity index (χ4n) is 1.37. The van der Waals surface area contributed by atoms with Gasteiger partial charge in [0.1, 0.15) is 0 Å². The van der Waals surface area contributed by atoms with E-state index in [0.717, 1.165) is 0 Å². The van der Waals surface area contributed by atoms with E-state index in [4.69, 9.17) is 4.74 Å². The third-order valence-electron chi connectivity index (χ3n) is 2.18. The molecule has 1 aromatic rings. The zero-order chi connectivity index (χ0) is 13.7. The first-order valence-electron chi connectivity index (χ1n) is 5.20. The van der Waals surface area contributed by atoms with E-state index in [1.165, 1.54) is 19.1 Å². The Morgan fingerprint density at radius 3 is 2.78 bits per heavy atom. The van der Waals surface area contributed by atoms with Crippen molar-refractivity contribution in [3.63, 3.8) is 0 Å². The average Bonchev–Trinajstić information content (AvgIpc) is 2.30. The number of benzene rings is 1. The minimum atomic E-state index is -0.569. The van der Waals surface area contributed by atoms with Crippen LogP contribution in [0.1, 0.15) is 23.7 Å². The number of rotatable bonds is 6. The first-order chi connectivity index (χ1) is 8.47. The monoisotopic (exact) mass is 313 g/mol. The van der Waals surface area contributed by atoms with Crippen LogP contribution in [0.2, 0.25) is 0 Å². The molecule has 0 aromatic heterocycles. The normalized spacial score (nSPS) is 9.89. The van der Waals surface area contributed by atoms with E-state index in [0.29, 0.717) is 10.9 Å². The minimum absolute atomic E-state index is 0.0116. The van der Waals surface area contributed by atoms with Crippen molar-refractivity contribution in [1.82, 2.24) is 0 Å². The molecule has 0 radical (unpaired) electrons. The predicted octanol–water partition coefficient (Wildman–Crippen LogP) is 3.51. The summed E-state index contributed by atoms with van der Waals surface area (Å²) in [5.74, 6) is -0.273. The minimum Gasteiger partial charge on any atom is -0.486 e. The summed E-state index contributed by atoms with van der Waals surface area (Å²) in [6.45, 7) is 5.11. The van der Waals surface area contributed by atoms with Crippen LogP contribution < -0.4 is 4.74 Å². The van der Waals surface area contributed by atoms with Gasteiger partial charge >= 0.3 is 5.69 Å². The topological polar surface area (TPSA) is 69.4 Å². The molecule has 18 heavy (non-hydrogen) atoms. The predicted molar refractivity (Wildman–Crippen MR) is 71.1 cm³/mol. The van der Waals surface area contributed by atoms with Gasteiger partial charge in [-0.1, -0.05) is 22.0 Å². The maximum Gasteiger partial charge on any atom is 0.312 e. The fourth-order valence-corrected chi connectivity index (χ4v) is 1.82. The van der Waals surface area contributed by atoms with Crippen LogP contribution >= 0.6 is 15.9 Å². The largest absolute Gasteiger partial charge is 0.486 e. The molecule has 0 heterocycles. The van der Waals surface area contributed by atoms with E-state index in [2.05, 4.69) is 22.5 Å². The highest BCUT2D eigenvalue weighted by atomic mass is 79.9. The van der Waals surface area contributed by atoms with Crippen molar-refractivity contribution < 1.29 is 14.5 Å². The number of nitro benzene ring substituents is 1. The van der Waals surface area contributed by atoms with Gasteiger partial charge < -0.3 is 4.74 Å². The Morgan fingerprint density at radius 1 is 1.61 bits per heavy atom. The Hall–Kier alpha value is -1.69. The SMILES string of the molecule is C=CCCOc1c(C(C)=O)cc(Br)cc1[N+](=O)[O-]. The van der Waals surface area contributed by atoms with Crippen LogP contribution in [0.3, 0.4) is 0 Å². The van der Waals surface area contributed by atoms with Crippen LogP contribution in [0.15, 0.2) is 29.3 Å². The Bertz CT molecular complexity index is 464. The Balaban J connectivity index is 3.27. The average molecular weight is 314 g/mol. The maximum atomic E-state index is 11.5. The van der Waals surface area contributed by atoms with Crippen molar-refractivity contribution in [1.29, 1.82) is 0 Å². The fraction of sp³-hybridized carbons (Fsp3) is 0.250. The Kier molecular flexibility index (Phi) is 5.03. The lowest BCUT2D eigenvalue weighted by Crippen LogP contribution is -2.05. The second kappa shape index (κ2) is 6.30. The van der Waals surface area contributed by atoms with E-state index < -0.39 is 4.92 Å². The Morgan fingerprint density at radius 2 is 2.28 bits per heavy atom. The summed E-state index contributed by atoms with van der Waals surface area (Å²) in [4.78, 5) is 21.9. The summed E-state index contributed by atoms with van der Waals surface area (Å²) in [5.41, 5.74) is -0.0289. The van der Waals surface area contributed by atoms with Crippen molar-refractivity contribution in [3.05, 3.63) is 44.9 Å². The number of Topliss-reactive ketones (excluding diaryl/α,β-unsaturated/α-hetero) is 1. The summed E-state index contributed by atoms with van der Waals surface area (Å²) in [5, 5.41) is 11.0. The molecule has 0 fully saturated rings.